The maximum atomic E-state index is 13.4. The van der Waals surface area contributed by atoms with Gasteiger partial charge in [0, 0.05) is 12.1 Å². The summed E-state index contributed by atoms with van der Waals surface area (Å²) in [5.74, 6) is 0.855. The van der Waals surface area contributed by atoms with Crippen LogP contribution in [-0.4, -0.2) is 41.7 Å². The van der Waals surface area contributed by atoms with E-state index in [0.717, 1.165) is 11.1 Å². The van der Waals surface area contributed by atoms with Crippen molar-refractivity contribution < 1.29 is 33.6 Å². The van der Waals surface area contributed by atoms with E-state index in [-0.39, 0.29) is 30.8 Å². The summed E-state index contributed by atoms with van der Waals surface area (Å²) in [4.78, 5) is 28.2. The first-order valence-electron chi connectivity index (χ1n) is 12.4. The number of Topliss-reactive ketones (excluding diaryl/α,β-unsaturated/α-hetero) is 1. The molecule has 1 amide bonds. The third-order valence-corrected chi connectivity index (χ3v) is 6.57. The standard InChI is InChI=1S/C30H29NO7/c1-17(2)38-23-12-8-21(13-18(23)3)28(32)26-27(20-6-9-22(35-4)10-7-20)31(30(34)29(26)33)15-19-5-11-24-25(14-19)37-16-36-24/h5-14,17,27,32H,15-16H2,1-4H3/b28-26+. The van der Waals surface area contributed by atoms with Gasteiger partial charge in [0.05, 0.1) is 24.8 Å². The maximum Gasteiger partial charge on any atom is 0.295 e. The normalized spacial score (nSPS) is 17.8. The fourth-order valence-corrected chi connectivity index (χ4v) is 4.75. The molecule has 5 rings (SSSR count). The topological polar surface area (TPSA) is 94.5 Å². The van der Waals surface area contributed by atoms with Crippen LogP contribution in [-0.2, 0) is 16.1 Å². The number of likely N-dealkylation sites (tertiary alicyclic amines) is 1. The Bertz CT molecular complexity index is 1430. The Morgan fingerprint density at radius 3 is 2.45 bits per heavy atom. The number of carbonyl (C=O) groups is 2. The molecular weight excluding hydrogens is 486 g/mol. The van der Waals surface area contributed by atoms with Crippen LogP contribution in [0.2, 0.25) is 0 Å². The van der Waals surface area contributed by atoms with Crippen LogP contribution in [0.1, 0.15) is 42.1 Å². The molecule has 1 saturated heterocycles. The van der Waals surface area contributed by atoms with Crippen molar-refractivity contribution in [3.8, 4) is 23.0 Å². The number of methoxy groups -OCH3 is 1. The number of fused-ring (bicyclic) bond motifs is 1. The van der Waals surface area contributed by atoms with E-state index in [1.807, 2.05) is 26.8 Å². The Hall–Kier alpha value is -4.46. The average molecular weight is 516 g/mol. The Morgan fingerprint density at radius 1 is 1.03 bits per heavy atom. The van der Waals surface area contributed by atoms with Crippen molar-refractivity contribution in [2.75, 3.05) is 13.9 Å². The number of ether oxygens (including phenoxy) is 4. The minimum atomic E-state index is -0.807. The van der Waals surface area contributed by atoms with E-state index in [4.69, 9.17) is 18.9 Å². The summed E-state index contributed by atoms with van der Waals surface area (Å²) >= 11 is 0. The summed E-state index contributed by atoms with van der Waals surface area (Å²) in [6.45, 7) is 6.01. The highest BCUT2D eigenvalue weighted by atomic mass is 16.7. The Morgan fingerprint density at radius 2 is 1.76 bits per heavy atom. The molecular formula is C30H29NO7. The lowest BCUT2D eigenvalue weighted by Gasteiger charge is -2.25. The molecule has 0 saturated carbocycles. The lowest BCUT2D eigenvalue weighted by atomic mass is 9.94. The van der Waals surface area contributed by atoms with Crippen molar-refractivity contribution in [1.29, 1.82) is 0 Å². The van der Waals surface area contributed by atoms with Gasteiger partial charge >= 0.3 is 0 Å². The predicted octanol–water partition coefficient (Wildman–Crippen LogP) is 5.14. The van der Waals surface area contributed by atoms with E-state index in [1.165, 1.54) is 4.90 Å². The molecule has 0 spiro atoms. The number of aliphatic hydroxyl groups is 1. The molecule has 1 N–H and O–H groups in total. The van der Waals surface area contributed by atoms with Gasteiger partial charge in [0.1, 0.15) is 17.3 Å². The minimum absolute atomic E-state index is 0.00952. The Labute approximate surface area is 221 Å². The smallest absolute Gasteiger partial charge is 0.295 e. The lowest BCUT2D eigenvalue weighted by molar-refractivity contribution is -0.140. The molecule has 0 radical (unpaired) electrons. The second-order valence-corrected chi connectivity index (χ2v) is 9.53. The number of ketones is 1. The van der Waals surface area contributed by atoms with Crippen molar-refractivity contribution in [3.05, 3.63) is 88.5 Å². The van der Waals surface area contributed by atoms with Gasteiger partial charge in [0.15, 0.2) is 11.5 Å². The van der Waals surface area contributed by atoms with Crippen LogP contribution in [0.3, 0.4) is 0 Å². The third-order valence-electron chi connectivity index (χ3n) is 6.57. The molecule has 1 unspecified atom stereocenters. The number of carbonyl (C=O) groups excluding carboxylic acids is 2. The van der Waals surface area contributed by atoms with Gasteiger partial charge in [-0.25, -0.2) is 0 Å². The summed E-state index contributed by atoms with van der Waals surface area (Å²) in [5.41, 5.74) is 2.69. The summed E-state index contributed by atoms with van der Waals surface area (Å²) in [7, 11) is 1.57. The summed E-state index contributed by atoms with van der Waals surface area (Å²) in [6.07, 6.45) is -0.00952. The zero-order valence-electron chi connectivity index (χ0n) is 21.7. The molecule has 2 aliphatic heterocycles. The highest BCUT2D eigenvalue weighted by Gasteiger charge is 2.46. The van der Waals surface area contributed by atoms with Gasteiger partial charge in [-0.15, -0.1) is 0 Å². The second-order valence-electron chi connectivity index (χ2n) is 9.53. The van der Waals surface area contributed by atoms with Crippen LogP contribution >= 0.6 is 0 Å². The molecule has 38 heavy (non-hydrogen) atoms. The van der Waals surface area contributed by atoms with E-state index in [0.29, 0.717) is 34.1 Å². The first-order valence-corrected chi connectivity index (χ1v) is 12.4. The fraction of sp³-hybridized carbons (Fsp3) is 0.267. The van der Waals surface area contributed by atoms with Crippen LogP contribution in [0.4, 0.5) is 0 Å². The third kappa shape index (κ3) is 4.65. The molecule has 3 aromatic carbocycles. The van der Waals surface area contributed by atoms with Crippen molar-refractivity contribution in [2.45, 2.75) is 39.5 Å². The van der Waals surface area contributed by atoms with Crippen LogP contribution < -0.4 is 18.9 Å². The molecule has 3 aromatic rings. The Balaban J connectivity index is 1.58. The van der Waals surface area contributed by atoms with Gasteiger partial charge in [-0.2, -0.15) is 0 Å². The van der Waals surface area contributed by atoms with Crippen molar-refractivity contribution >= 4 is 17.4 Å². The number of benzene rings is 3. The molecule has 1 fully saturated rings. The zero-order valence-corrected chi connectivity index (χ0v) is 21.7. The molecule has 196 valence electrons. The fourth-order valence-electron chi connectivity index (χ4n) is 4.75. The summed E-state index contributed by atoms with van der Waals surface area (Å²) in [6, 6.07) is 16.9. The Kier molecular flexibility index (Phi) is 6.72. The molecule has 1 atom stereocenters. The lowest BCUT2D eigenvalue weighted by Crippen LogP contribution is -2.29. The van der Waals surface area contributed by atoms with Gasteiger partial charge in [-0.1, -0.05) is 18.2 Å². The maximum absolute atomic E-state index is 13.4. The van der Waals surface area contributed by atoms with E-state index in [9.17, 15) is 14.7 Å². The van der Waals surface area contributed by atoms with Crippen LogP contribution in [0.15, 0.2) is 66.2 Å². The van der Waals surface area contributed by atoms with E-state index in [1.54, 1.807) is 61.7 Å². The van der Waals surface area contributed by atoms with Gasteiger partial charge in [-0.05, 0) is 79.9 Å². The second kappa shape index (κ2) is 10.1. The molecule has 8 nitrogen and oxygen atoms in total. The van der Waals surface area contributed by atoms with Crippen LogP contribution in [0.5, 0.6) is 23.0 Å². The number of aliphatic hydroxyl groups excluding tert-OH is 1. The quantitative estimate of drug-likeness (QED) is 0.264. The van der Waals surface area contributed by atoms with Crippen molar-refractivity contribution in [2.24, 2.45) is 0 Å². The minimum Gasteiger partial charge on any atom is -0.507 e. The zero-order chi connectivity index (χ0) is 27.0. The van der Waals surface area contributed by atoms with Gasteiger partial charge in [0.2, 0.25) is 6.79 Å². The molecule has 0 aliphatic carbocycles. The van der Waals surface area contributed by atoms with Crippen LogP contribution in [0, 0.1) is 6.92 Å². The number of hydrogen-bond donors (Lipinski definition) is 1. The number of rotatable bonds is 7. The number of amides is 1. The molecule has 2 heterocycles. The predicted molar refractivity (Wildman–Crippen MR) is 140 cm³/mol. The molecule has 0 aromatic heterocycles. The van der Waals surface area contributed by atoms with E-state index in [2.05, 4.69) is 0 Å². The van der Waals surface area contributed by atoms with Gasteiger partial charge < -0.3 is 29.0 Å². The number of aryl methyl sites for hydroxylation is 1. The SMILES string of the molecule is COc1ccc(C2/C(=C(\O)c3ccc(OC(C)C)c(C)c3)C(=O)C(=O)N2Cc2ccc3c(c2)OCO3)cc1. The van der Waals surface area contributed by atoms with Gasteiger partial charge in [0.25, 0.3) is 11.7 Å². The molecule has 8 heteroatoms. The van der Waals surface area contributed by atoms with E-state index >= 15 is 0 Å². The monoisotopic (exact) mass is 515 g/mol. The first-order chi connectivity index (χ1) is 18.3. The van der Waals surface area contributed by atoms with Gasteiger partial charge in [-0.3, -0.25) is 9.59 Å². The highest BCUT2D eigenvalue weighted by molar-refractivity contribution is 6.46. The number of nitrogens with zero attached hydrogens (tertiary/aromatic N) is 1. The summed E-state index contributed by atoms with van der Waals surface area (Å²) < 4.78 is 22.0. The molecule has 2 aliphatic rings. The van der Waals surface area contributed by atoms with Crippen molar-refractivity contribution in [3.63, 3.8) is 0 Å². The van der Waals surface area contributed by atoms with Crippen molar-refractivity contribution in [1.82, 2.24) is 4.90 Å². The first kappa shape index (κ1) is 25.2. The highest BCUT2D eigenvalue weighted by Crippen LogP contribution is 2.42. The summed E-state index contributed by atoms with van der Waals surface area (Å²) in [5, 5.41) is 11.4. The average Bonchev–Trinajstić information content (AvgIpc) is 3.47. The number of hydrogen-bond acceptors (Lipinski definition) is 7. The van der Waals surface area contributed by atoms with E-state index < -0.39 is 17.7 Å². The molecule has 0 bridgehead atoms. The van der Waals surface area contributed by atoms with Crippen LogP contribution in [0.25, 0.3) is 5.76 Å². The largest absolute Gasteiger partial charge is 0.507 e.